The summed E-state index contributed by atoms with van der Waals surface area (Å²) in [6.45, 7) is 4.51. The molecule has 0 aromatic carbocycles. The number of fused-ring (bicyclic) bond motifs is 1. The van der Waals surface area contributed by atoms with Gasteiger partial charge in [-0.25, -0.2) is 0 Å². The molecule has 7 nitrogen and oxygen atoms in total. The zero-order valence-corrected chi connectivity index (χ0v) is 13.1. The molecular formula is C15H25N3O4. The Morgan fingerprint density at radius 3 is 2.73 bits per heavy atom. The topological polar surface area (TPSA) is 108 Å². The van der Waals surface area contributed by atoms with Gasteiger partial charge in [-0.1, -0.05) is 11.6 Å². The smallest absolute Gasteiger partial charge is 0.308 e. The van der Waals surface area contributed by atoms with Crippen molar-refractivity contribution in [2.75, 3.05) is 19.7 Å². The first-order chi connectivity index (χ1) is 10.3. The predicted molar refractivity (Wildman–Crippen MR) is 81.6 cm³/mol. The van der Waals surface area contributed by atoms with Gasteiger partial charge in [0, 0.05) is 19.7 Å². The first kappa shape index (κ1) is 16.8. The molecule has 22 heavy (non-hydrogen) atoms. The second-order valence-corrected chi connectivity index (χ2v) is 6.36. The van der Waals surface area contributed by atoms with Crippen LogP contribution < -0.4 is 0 Å². The monoisotopic (exact) mass is 311 g/mol. The number of nitrogens with one attached hydrogen (secondary N) is 1. The van der Waals surface area contributed by atoms with Gasteiger partial charge in [-0.3, -0.25) is 10.2 Å². The summed E-state index contributed by atoms with van der Waals surface area (Å²) in [6, 6.07) is -0.310. The third-order valence-electron chi connectivity index (χ3n) is 4.36. The lowest BCUT2D eigenvalue weighted by Crippen LogP contribution is -2.40. The summed E-state index contributed by atoms with van der Waals surface area (Å²) < 4.78 is 0. The van der Waals surface area contributed by atoms with Crippen LogP contribution in [0.2, 0.25) is 0 Å². The van der Waals surface area contributed by atoms with Gasteiger partial charge in [-0.05, 0) is 26.7 Å². The van der Waals surface area contributed by atoms with Crippen molar-refractivity contribution in [1.29, 1.82) is 5.41 Å². The number of aliphatic hydroxyl groups excluding tert-OH is 2. The van der Waals surface area contributed by atoms with Crippen LogP contribution >= 0.6 is 0 Å². The summed E-state index contributed by atoms with van der Waals surface area (Å²) in [5.74, 6) is -1.06. The number of carboxylic acids is 1. The van der Waals surface area contributed by atoms with Crippen LogP contribution in [0.25, 0.3) is 0 Å². The van der Waals surface area contributed by atoms with E-state index in [2.05, 4.69) is 0 Å². The fourth-order valence-electron chi connectivity index (χ4n) is 3.43. The van der Waals surface area contributed by atoms with Crippen molar-refractivity contribution < 1.29 is 20.1 Å². The Hall–Kier alpha value is -1.60. The molecule has 4 atom stereocenters. The molecule has 4 unspecified atom stereocenters. The van der Waals surface area contributed by atoms with Gasteiger partial charge in [0.25, 0.3) is 0 Å². The van der Waals surface area contributed by atoms with Crippen LogP contribution in [0, 0.1) is 11.3 Å². The lowest BCUT2D eigenvalue weighted by molar-refractivity contribution is -0.142. The third kappa shape index (κ3) is 3.25. The highest BCUT2D eigenvalue weighted by atomic mass is 16.4. The maximum Gasteiger partial charge on any atom is 0.308 e. The minimum Gasteiger partial charge on any atom is -0.481 e. The molecule has 2 aliphatic heterocycles. The number of rotatable bonds is 6. The maximum absolute atomic E-state index is 11.5. The second-order valence-electron chi connectivity index (χ2n) is 6.36. The molecule has 2 saturated heterocycles. The molecule has 2 heterocycles. The van der Waals surface area contributed by atoms with Crippen molar-refractivity contribution in [1.82, 2.24) is 9.80 Å². The van der Waals surface area contributed by atoms with E-state index in [-0.39, 0.29) is 37.6 Å². The van der Waals surface area contributed by atoms with E-state index in [1.807, 2.05) is 24.8 Å². The second kappa shape index (κ2) is 6.66. The molecule has 124 valence electrons. The molecular weight excluding hydrogens is 286 g/mol. The van der Waals surface area contributed by atoms with Crippen molar-refractivity contribution in [2.24, 2.45) is 5.92 Å². The van der Waals surface area contributed by atoms with E-state index in [0.29, 0.717) is 13.0 Å². The van der Waals surface area contributed by atoms with Crippen LogP contribution in [-0.4, -0.2) is 74.9 Å². The van der Waals surface area contributed by atoms with Gasteiger partial charge in [0.1, 0.15) is 0 Å². The van der Waals surface area contributed by atoms with Crippen molar-refractivity contribution in [3.05, 3.63) is 11.6 Å². The first-order valence-electron chi connectivity index (χ1n) is 7.63. The Morgan fingerprint density at radius 2 is 2.18 bits per heavy atom. The molecule has 2 rings (SSSR count). The number of allylic oxidation sites excluding steroid dienone is 1. The number of nitrogens with zero attached hydrogens (tertiary/aromatic N) is 2. The number of aliphatic hydroxyl groups is 2. The minimum atomic E-state index is -0.829. The number of guanidine groups is 1. The average molecular weight is 311 g/mol. The molecule has 4 N–H and O–H groups in total. The van der Waals surface area contributed by atoms with E-state index in [4.69, 9.17) is 10.5 Å². The van der Waals surface area contributed by atoms with Crippen LogP contribution in [0.5, 0.6) is 0 Å². The van der Waals surface area contributed by atoms with Gasteiger partial charge in [-0.2, -0.15) is 0 Å². The molecule has 0 amide bonds. The van der Waals surface area contributed by atoms with Crippen LogP contribution in [0.1, 0.15) is 26.7 Å². The summed E-state index contributed by atoms with van der Waals surface area (Å²) in [5.41, 5.74) is 1.10. The third-order valence-corrected chi connectivity index (χ3v) is 4.36. The summed E-state index contributed by atoms with van der Waals surface area (Å²) in [4.78, 5) is 15.1. The molecule has 0 radical (unpaired) electrons. The van der Waals surface area contributed by atoms with Gasteiger partial charge in [0.2, 0.25) is 0 Å². The molecule has 0 aromatic rings. The number of aliphatic carboxylic acids is 1. The van der Waals surface area contributed by atoms with Gasteiger partial charge in [0.05, 0.1) is 24.1 Å². The van der Waals surface area contributed by atoms with Crippen LogP contribution in [0.15, 0.2) is 11.6 Å². The van der Waals surface area contributed by atoms with Gasteiger partial charge in [0.15, 0.2) is 5.96 Å². The predicted octanol–water partition coefficient (Wildman–Crippen LogP) is 0.0900. The zero-order chi connectivity index (χ0) is 16.4. The fraction of sp³-hybridized carbons (Fsp3) is 0.733. The van der Waals surface area contributed by atoms with Crippen LogP contribution in [-0.2, 0) is 4.79 Å². The number of hydrogen-bond donors (Lipinski definition) is 4. The van der Waals surface area contributed by atoms with Crippen LogP contribution in [0.3, 0.4) is 0 Å². The number of carboxylic acid groups (broad SMARTS) is 1. The van der Waals surface area contributed by atoms with Crippen LogP contribution in [0.4, 0.5) is 0 Å². The summed E-state index contributed by atoms with van der Waals surface area (Å²) in [5, 5.41) is 36.5. The Labute approximate surface area is 130 Å². The van der Waals surface area contributed by atoms with Gasteiger partial charge in [-0.15, -0.1) is 0 Å². The molecule has 2 fully saturated rings. The van der Waals surface area contributed by atoms with E-state index >= 15 is 0 Å². The molecule has 2 aliphatic rings. The van der Waals surface area contributed by atoms with Crippen molar-refractivity contribution in [3.8, 4) is 0 Å². The van der Waals surface area contributed by atoms with Gasteiger partial charge >= 0.3 is 5.97 Å². The zero-order valence-electron chi connectivity index (χ0n) is 13.1. The first-order valence-corrected chi connectivity index (χ1v) is 7.63. The minimum absolute atomic E-state index is 0.0800. The summed E-state index contributed by atoms with van der Waals surface area (Å²) >= 11 is 0. The highest BCUT2D eigenvalue weighted by Crippen LogP contribution is 2.36. The van der Waals surface area contributed by atoms with E-state index in [1.54, 1.807) is 4.90 Å². The van der Waals surface area contributed by atoms with E-state index in [1.165, 1.54) is 0 Å². The Kier molecular flexibility index (Phi) is 5.08. The van der Waals surface area contributed by atoms with Gasteiger partial charge < -0.3 is 25.1 Å². The number of hydrogen-bond acceptors (Lipinski definition) is 4. The van der Waals surface area contributed by atoms with E-state index < -0.39 is 18.0 Å². The van der Waals surface area contributed by atoms with Crippen molar-refractivity contribution >= 4 is 11.9 Å². The van der Waals surface area contributed by atoms with Crippen molar-refractivity contribution in [2.45, 2.75) is 44.9 Å². The lowest BCUT2D eigenvalue weighted by atomic mass is 9.98. The fourth-order valence-corrected chi connectivity index (χ4v) is 3.43. The molecule has 0 saturated carbocycles. The highest BCUT2D eigenvalue weighted by molar-refractivity contribution is 5.83. The lowest BCUT2D eigenvalue weighted by Gasteiger charge is -2.26. The highest BCUT2D eigenvalue weighted by Gasteiger charge is 2.51. The van der Waals surface area contributed by atoms with E-state index in [0.717, 1.165) is 5.57 Å². The summed E-state index contributed by atoms with van der Waals surface area (Å²) in [7, 11) is 0. The molecule has 0 aromatic heterocycles. The standard InChI is InChI=1S/C15H25N3O4/c1-9(2)5-10-6-12(14(21)22)13-8-17(15(16)18(10)13)7-11(20)3-4-19/h5,10-13,16,19-20H,3-4,6-8H2,1-2H3,(H,21,22). The molecule has 0 spiro atoms. The number of carbonyl (C=O) groups is 1. The largest absolute Gasteiger partial charge is 0.481 e. The molecule has 0 aliphatic carbocycles. The van der Waals surface area contributed by atoms with E-state index in [9.17, 15) is 15.0 Å². The Morgan fingerprint density at radius 1 is 1.50 bits per heavy atom. The SMILES string of the molecule is CC(C)=CC1CC(C(=O)O)C2CN(CC(O)CCO)C(=N)N12. The molecule has 0 bridgehead atoms. The maximum atomic E-state index is 11.5. The summed E-state index contributed by atoms with van der Waals surface area (Å²) in [6.07, 6.45) is 2.07. The van der Waals surface area contributed by atoms with Crippen molar-refractivity contribution in [3.63, 3.8) is 0 Å². The molecule has 7 heteroatoms. The quantitative estimate of drug-likeness (QED) is 0.518. The Balaban J connectivity index is 2.16. The average Bonchev–Trinajstić information content (AvgIpc) is 2.89. The normalized spacial score (nSPS) is 28.7. The Bertz CT molecular complexity index is 475. The number of β-amino-alcohol motifs (C(OH)–C–C–N with tert-alkyl or cyclic N) is 1.